The van der Waals surface area contributed by atoms with Crippen molar-refractivity contribution in [2.24, 2.45) is 7.05 Å². The maximum atomic E-state index is 12.4. The number of amides is 1. The van der Waals surface area contributed by atoms with Gasteiger partial charge in [-0.25, -0.2) is 0 Å². The van der Waals surface area contributed by atoms with Crippen molar-refractivity contribution in [2.75, 3.05) is 7.05 Å². The highest BCUT2D eigenvalue weighted by atomic mass is 127. The van der Waals surface area contributed by atoms with Gasteiger partial charge in [0.25, 0.3) is 5.91 Å². The number of hydrogen-bond donors (Lipinski definition) is 0. The summed E-state index contributed by atoms with van der Waals surface area (Å²) in [5, 5.41) is 8.62. The molecule has 0 saturated carbocycles. The van der Waals surface area contributed by atoms with Crippen LogP contribution in [-0.4, -0.2) is 37.4 Å². The first-order valence-electron chi connectivity index (χ1n) is 6.08. The van der Waals surface area contributed by atoms with Crippen LogP contribution in [0.3, 0.4) is 0 Å². The molecule has 0 spiro atoms. The molecule has 1 amide bonds. The Bertz CT molecular complexity index is 636. The molecule has 20 heavy (non-hydrogen) atoms. The Morgan fingerprint density at radius 2 is 2.15 bits per heavy atom. The molecule has 2 aromatic rings. The molecule has 0 radical (unpaired) electrons. The molecule has 0 aliphatic heterocycles. The quantitative estimate of drug-likeness (QED) is 0.670. The topological polar surface area (TPSA) is 56.0 Å². The van der Waals surface area contributed by atoms with Gasteiger partial charge < -0.3 is 4.90 Å². The minimum atomic E-state index is -0.104. The number of carbonyl (C=O) groups excluding carboxylic acids is 1. The van der Waals surface area contributed by atoms with Gasteiger partial charge in [-0.2, -0.15) is 10.2 Å². The predicted octanol–water partition coefficient (Wildman–Crippen LogP) is 2.28. The van der Waals surface area contributed by atoms with Gasteiger partial charge in [0.15, 0.2) is 5.69 Å². The van der Waals surface area contributed by atoms with E-state index >= 15 is 0 Å². The summed E-state index contributed by atoms with van der Waals surface area (Å²) in [6.07, 6.45) is 3.74. The Kier molecular flexibility index (Phi) is 4.84. The van der Waals surface area contributed by atoms with Crippen molar-refractivity contribution >= 4 is 44.4 Å². The molecule has 0 unspecified atom stereocenters. The molecule has 0 saturated heterocycles. The van der Waals surface area contributed by atoms with E-state index in [-0.39, 0.29) is 5.91 Å². The number of aromatic nitrogens is 4. The molecule has 8 heteroatoms. The average molecular weight is 452 g/mol. The van der Waals surface area contributed by atoms with Gasteiger partial charge in [-0.05, 0) is 45.4 Å². The summed E-state index contributed by atoms with van der Waals surface area (Å²) < 4.78 is 5.24. The lowest BCUT2D eigenvalue weighted by atomic mass is 10.3. The average Bonchev–Trinajstić information content (AvgIpc) is 2.91. The molecule has 0 aliphatic carbocycles. The molecule has 0 aromatic carbocycles. The van der Waals surface area contributed by atoms with E-state index in [4.69, 9.17) is 0 Å². The lowest BCUT2D eigenvalue weighted by molar-refractivity contribution is 0.0775. The minimum Gasteiger partial charge on any atom is -0.334 e. The van der Waals surface area contributed by atoms with E-state index in [0.29, 0.717) is 12.2 Å². The van der Waals surface area contributed by atoms with Crippen LogP contribution in [0, 0.1) is 3.57 Å². The van der Waals surface area contributed by atoms with E-state index < -0.39 is 0 Å². The summed E-state index contributed by atoms with van der Waals surface area (Å²) in [5.74, 6) is -0.104. The van der Waals surface area contributed by atoms with Gasteiger partial charge in [0.05, 0.1) is 20.3 Å². The van der Waals surface area contributed by atoms with Crippen molar-refractivity contribution in [1.82, 2.24) is 24.5 Å². The van der Waals surface area contributed by atoms with Crippen LogP contribution < -0.4 is 0 Å². The molecular weight excluding hydrogens is 437 g/mol. The van der Waals surface area contributed by atoms with Crippen LogP contribution in [0.4, 0.5) is 0 Å². The van der Waals surface area contributed by atoms with Gasteiger partial charge in [0.1, 0.15) is 0 Å². The smallest absolute Gasteiger partial charge is 0.275 e. The lowest BCUT2D eigenvalue weighted by Crippen LogP contribution is -2.27. The summed E-state index contributed by atoms with van der Waals surface area (Å²) >= 11 is 5.59. The van der Waals surface area contributed by atoms with Crippen LogP contribution in [0.25, 0.3) is 0 Å². The molecule has 0 bridgehead atoms. The van der Waals surface area contributed by atoms with Crippen molar-refractivity contribution < 1.29 is 4.79 Å². The molecule has 0 atom stereocenters. The highest BCUT2D eigenvalue weighted by Gasteiger charge is 2.20. The predicted molar refractivity (Wildman–Crippen MR) is 87.3 cm³/mol. The number of nitrogens with zero attached hydrogens (tertiary/aromatic N) is 5. The largest absolute Gasteiger partial charge is 0.334 e. The number of carbonyl (C=O) groups is 1. The molecule has 0 aliphatic rings. The number of rotatable bonds is 4. The maximum Gasteiger partial charge on any atom is 0.275 e. The van der Waals surface area contributed by atoms with Gasteiger partial charge in [0.2, 0.25) is 0 Å². The van der Waals surface area contributed by atoms with Gasteiger partial charge in [-0.1, -0.05) is 0 Å². The highest BCUT2D eigenvalue weighted by molar-refractivity contribution is 14.1. The third kappa shape index (κ3) is 3.22. The van der Waals surface area contributed by atoms with Gasteiger partial charge >= 0.3 is 0 Å². The van der Waals surface area contributed by atoms with Crippen molar-refractivity contribution in [3.05, 3.63) is 31.8 Å². The zero-order valence-corrected chi connectivity index (χ0v) is 15.2. The second kappa shape index (κ2) is 6.25. The fourth-order valence-corrected chi connectivity index (χ4v) is 2.97. The number of halogens is 2. The van der Waals surface area contributed by atoms with Gasteiger partial charge in [-0.15, -0.1) is 0 Å². The van der Waals surface area contributed by atoms with E-state index in [2.05, 4.69) is 48.7 Å². The molecule has 2 rings (SSSR count). The second-order valence-corrected chi connectivity index (χ2v) is 6.46. The first kappa shape index (κ1) is 15.5. The third-order valence-corrected chi connectivity index (χ3v) is 4.28. The van der Waals surface area contributed by atoms with Crippen LogP contribution in [0.15, 0.2) is 16.9 Å². The lowest BCUT2D eigenvalue weighted by Gasteiger charge is -2.14. The van der Waals surface area contributed by atoms with Gasteiger partial charge in [-0.3, -0.25) is 14.2 Å². The van der Waals surface area contributed by atoms with Crippen LogP contribution >= 0.6 is 38.5 Å². The maximum absolute atomic E-state index is 12.4. The summed E-state index contributed by atoms with van der Waals surface area (Å²) in [7, 11) is 3.56. The normalized spacial score (nSPS) is 10.8. The van der Waals surface area contributed by atoms with E-state index in [0.717, 1.165) is 20.3 Å². The zero-order chi connectivity index (χ0) is 14.9. The SMILES string of the molecule is CCn1cc(Br)c(CN(C)C(=O)c2nn(C)cc2I)n1. The number of aryl methyl sites for hydroxylation is 2. The Morgan fingerprint density at radius 3 is 2.65 bits per heavy atom. The molecule has 108 valence electrons. The van der Waals surface area contributed by atoms with E-state index in [1.54, 1.807) is 23.7 Å². The Balaban J connectivity index is 2.15. The molecule has 0 N–H and O–H groups in total. The van der Waals surface area contributed by atoms with E-state index in [1.165, 1.54) is 0 Å². The monoisotopic (exact) mass is 451 g/mol. The van der Waals surface area contributed by atoms with Crippen LogP contribution in [0.1, 0.15) is 23.1 Å². The fraction of sp³-hybridized carbons (Fsp3) is 0.417. The van der Waals surface area contributed by atoms with Crippen LogP contribution in [-0.2, 0) is 20.1 Å². The first-order valence-corrected chi connectivity index (χ1v) is 7.96. The molecule has 2 aromatic heterocycles. The standard InChI is InChI=1S/C12H15BrIN5O/c1-4-19-5-8(13)10(15-19)7-17(2)12(20)11-9(14)6-18(3)16-11/h5-6H,4,7H2,1-3H3. The Hall–Kier alpha value is -0.900. The third-order valence-electron chi connectivity index (χ3n) is 2.83. The highest BCUT2D eigenvalue weighted by Crippen LogP contribution is 2.18. The molecule has 6 nitrogen and oxygen atoms in total. The van der Waals surface area contributed by atoms with E-state index in [1.807, 2.05) is 24.0 Å². The zero-order valence-electron chi connectivity index (χ0n) is 11.5. The van der Waals surface area contributed by atoms with E-state index in [9.17, 15) is 4.79 Å². The Morgan fingerprint density at radius 1 is 1.45 bits per heavy atom. The first-order chi connectivity index (χ1) is 9.42. The van der Waals surface area contributed by atoms with Crippen molar-refractivity contribution in [1.29, 1.82) is 0 Å². The summed E-state index contributed by atoms with van der Waals surface area (Å²) in [6, 6.07) is 0. The summed E-state index contributed by atoms with van der Waals surface area (Å²) in [5.41, 5.74) is 1.32. The van der Waals surface area contributed by atoms with Crippen molar-refractivity contribution in [3.63, 3.8) is 0 Å². The van der Waals surface area contributed by atoms with Crippen molar-refractivity contribution in [2.45, 2.75) is 20.0 Å². The van der Waals surface area contributed by atoms with Crippen molar-refractivity contribution in [3.8, 4) is 0 Å². The fourth-order valence-electron chi connectivity index (χ4n) is 1.79. The molecule has 2 heterocycles. The second-order valence-electron chi connectivity index (χ2n) is 4.44. The molecular formula is C12H15BrIN5O. The van der Waals surface area contributed by atoms with Gasteiger partial charge in [0, 0.05) is 33.0 Å². The van der Waals surface area contributed by atoms with Crippen LogP contribution in [0.5, 0.6) is 0 Å². The molecule has 0 fully saturated rings. The summed E-state index contributed by atoms with van der Waals surface area (Å²) in [6.45, 7) is 3.27. The summed E-state index contributed by atoms with van der Waals surface area (Å²) in [4.78, 5) is 14.0. The van der Waals surface area contributed by atoms with Crippen LogP contribution in [0.2, 0.25) is 0 Å². The minimum absolute atomic E-state index is 0.104. The Labute approximate surface area is 139 Å². The number of hydrogen-bond acceptors (Lipinski definition) is 3.